The maximum Gasteiger partial charge on any atom is 0.323 e. The van der Waals surface area contributed by atoms with Crippen LogP contribution in [0.15, 0.2) is 24.3 Å². The zero-order valence-corrected chi connectivity index (χ0v) is 18.9. The Morgan fingerprint density at radius 1 is 1.23 bits per heavy atom. The molecular formula is C21H27N7O2S. The van der Waals surface area contributed by atoms with Crippen LogP contribution in [0.3, 0.4) is 0 Å². The monoisotopic (exact) mass is 441 g/mol. The number of rotatable bonds is 6. The Labute approximate surface area is 185 Å². The van der Waals surface area contributed by atoms with E-state index in [0.29, 0.717) is 11.9 Å². The first kappa shape index (κ1) is 21.5. The molecule has 3 aromatic rings. The summed E-state index contributed by atoms with van der Waals surface area (Å²) in [6.45, 7) is 4.99. The summed E-state index contributed by atoms with van der Waals surface area (Å²) in [6.07, 6.45) is 1.89. The van der Waals surface area contributed by atoms with Gasteiger partial charge in [0.05, 0.1) is 12.1 Å². The maximum atomic E-state index is 12.7. The topological polar surface area (TPSA) is 96.4 Å². The lowest BCUT2D eigenvalue weighted by atomic mass is 10.0. The number of piperidine rings is 1. The van der Waals surface area contributed by atoms with Crippen LogP contribution in [0.5, 0.6) is 0 Å². The van der Waals surface area contributed by atoms with Crippen molar-refractivity contribution < 1.29 is 9.53 Å². The van der Waals surface area contributed by atoms with Crippen molar-refractivity contribution in [2.45, 2.75) is 25.8 Å². The van der Waals surface area contributed by atoms with Crippen LogP contribution in [0, 0.1) is 6.92 Å². The van der Waals surface area contributed by atoms with Gasteiger partial charge in [0, 0.05) is 43.7 Å². The second kappa shape index (κ2) is 9.63. The molecule has 1 saturated heterocycles. The molecule has 1 aliphatic heterocycles. The number of likely N-dealkylation sites (tertiary alicyclic amines) is 1. The largest absolute Gasteiger partial charge is 0.383 e. The highest BCUT2D eigenvalue weighted by molar-refractivity contribution is 7.14. The second-order valence-electron chi connectivity index (χ2n) is 7.75. The maximum absolute atomic E-state index is 12.7. The predicted octanol–water partition coefficient (Wildman–Crippen LogP) is 3.03. The average Bonchev–Trinajstić information content (AvgIpc) is 3.23. The van der Waals surface area contributed by atoms with E-state index in [0.717, 1.165) is 65.6 Å². The molecule has 3 heterocycles. The number of carbonyl (C=O) groups excluding carboxylic acids is 1. The molecule has 9 nitrogen and oxygen atoms in total. The number of methoxy groups -OCH3 is 1. The van der Waals surface area contributed by atoms with E-state index in [-0.39, 0.29) is 6.03 Å². The SMILES string of the molecule is COCCN(C)C1CCN(C(=O)Nc2cc3cc(-c4nnc(C)s4)ccc3nn2)CC1. The third-order valence-electron chi connectivity index (χ3n) is 5.62. The van der Waals surface area contributed by atoms with Crippen molar-refractivity contribution in [2.75, 3.05) is 45.7 Å². The van der Waals surface area contributed by atoms with Gasteiger partial charge in [-0.15, -0.1) is 20.4 Å². The van der Waals surface area contributed by atoms with Crippen molar-refractivity contribution in [3.8, 4) is 10.6 Å². The van der Waals surface area contributed by atoms with E-state index < -0.39 is 0 Å². The van der Waals surface area contributed by atoms with Crippen LogP contribution in [-0.4, -0.2) is 82.7 Å². The molecule has 1 N–H and O–H groups in total. The van der Waals surface area contributed by atoms with Gasteiger partial charge in [-0.25, -0.2) is 4.79 Å². The zero-order chi connectivity index (χ0) is 21.8. The molecule has 2 aromatic heterocycles. The number of nitrogens with zero attached hydrogens (tertiary/aromatic N) is 6. The van der Waals surface area contributed by atoms with E-state index in [1.807, 2.05) is 36.1 Å². The van der Waals surface area contributed by atoms with Crippen LogP contribution >= 0.6 is 11.3 Å². The number of fused-ring (bicyclic) bond motifs is 1. The minimum absolute atomic E-state index is 0.137. The molecule has 0 atom stereocenters. The summed E-state index contributed by atoms with van der Waals surface area (Å²) in [5.74, 6) is 0.447. The van der Waals surface area contributed by atoms with Crippen LogP contribution < -0.4 is 5.32 Å². The number of carbonyl (C=O) groups is 1. The lowest BCUT2D eigenvalue weighted by molar-refractivity contribution is 0.106. The molecule has 0 saturated carbocycles. The first-order valence-corrected chi connectivity index (χ1v) is 11.2. The van der Waals surface area contributed by atoms with Crippen molar-refractivity contribution >= 4 is 34.1 Å². The van der Waals surface area contributed by atoms with Crippen LogP contribution in [0.1, 0.15) is 17.8 Å². The van der Waals surface area contributed by atoms with Crippen molar-refractivity contribution in [1.82, 2.24) is 30.2 Å². The fourth-order valence-electron chi connectivity index (χ4n) is 3.77. The van der Waals surface area contributed by atoms with Gasteiger partial charge in [0.15, 0.2) is 5.82 Å². The van der Waals surface area contributed by atoms with Crippen molar-refractivity contribution in [2.24, 2.45) is 0 Å². The van der Waals surface area contributed by atoms with Crippen molar-refractivity contribution in [1.29, 1.82) is 0 Å². The summed E-state index contributed by atoms with van der Waals surface area (Å²) in [5.41, 5.74) is 1.74. The fourth-order valence-corrected chi connectivity index (χ4v) is 4.46. The Hall–Kier alpha value is -2.69. The van der Waals surface area contributed by atoms with E-state index in [1.54, 1.807) is 18.4 Å². The highest BCUT2D eigenvalue weighted by Crippen LogP contribution is 2.27. The molecule has 1 fully saturated rings. The summed E-state index contributed by atoms with van der Waals surface area (Å²) in [5, 5.41) is 22.3. The molecule has 1 aliphatic rings. The van der Waals surface area contributed by atoms with Crippen LogP contribution in [-0.2, 0) is 4.74 Å². The second-order valence-corrected chi connectivity index (χ2v) is 8.93. The summed E-state index contributed by atoms with van der Waals surface area (Å²) in [6, 6.07) is 8.06. The number of benzene rings is 1. The van der Waals surface area contributed by atoms with Crippen LogP contribution in [0.4, 0.5) is 10.6 Å². The number of aromatic nitrogens is 4. The number of hydrogen-bond donors (Lipinski definition) is 1. The van der Waals surface area contributed by atoms with Gasteiger partial charge in [-0.3, -0.25) is 5.32 Å². The molecule has 2 amide bonds. The average molecular weight is 442 g/mol. The number of likely N-dealkylation sites (N-methyl/N-ethyl adjacent to an activating group) is 1. The van der Waals surface area contributed by atoms with E-state index in [4.69, 9.17) is 4.74 Å². The quantitative estimate of drug-likeness (QED) is 0.628. The summed E-state index contributed by atoms with van der Waals surface area (Å²) < 4.78 is 5.16. The lowest BCUT2D eigenvalue weighted by Crippen LogP contribution is -2.47. The third-order valence-corrected chi connectivity index (χ3v) is 6.50. The number of nitrogens with one attached hydrogen (secondary N) is 1. The van der Waals surface area contributed by atoms with Gasteiger partial charge in [-0.05, 0) is 51.1 Å². The molecule has 0 aliphatic carbocycles. The summed E-state index contributed by atoms with van der Waals surface area (Å²) in [7, 11) is 3.83. The molecule has 0 radical (unpaired) electrons. The van der Waals surface area contributed by atoms with Gasteiger partial charge in [-0.2, -0.15) is 0 Å². The zero-order valence-electron chi connectivity index (χ0n) is 18.0. The molecular weight excluding hydrogens is 414 g/mol. The van der Waals surface area contributed by atoms with Gasteiger partial charge in [0.25, 0.3) is 0 Å². The molecule has 0 bridgehead atoms. The smallest absolute Gasteiger partial charge is 0.323 e. The Morgan fingerprint density at radius 2 is 2.03 bits per heavy atom. The summed E-state index contributed by atoms with van der Waals surface area (Å²) in [4.78, 5) is 16.9. The molecule has 10 heteroatoms. The molecule has 164 valence electrons. The number of amides is 2. The highest BCUT2D eigenvalue weighted by atomic mass is 32.1. The van der Waals surface area contributed by atoms with E-state index >= 15 is 0 Å². The van der Waals surface area contributed by atoms with E-state index in [2.05, 4.69) is 37.7 Å². The normalized spacial score (nSPS) is 15.0. The van der Waals surface area contributed by atoms with Gasteiger partial charge >= 0.3 is 6.03 Å². The first-order valence-electron chi connectivity index (χ1n) is 10.4. The Bertz CT molecular complexity index is 1050. The Kier molecular flexibility index (Phi) is 6.69. The summed E-state index contributed by atoms with van der Waals surface area (Å²) >= 11 is 1.54. The minimum atomic E-state index is -0.137. The third kappa shape index (κ3) is 5.15. The number of anilines is 1. The fraction of sp³-hybridized carbons (Fsp3) is 0.476. The number of aryl methyl sites for hydroxylation is 1. The van der Waals surface area contributed by atoms with Crippen LogP contribution in [0.25, 0.3) is 21.5 Å². The first-order chi connectivity index (χ1) is 15.0. The highest BCUT2D eigenvalue weighted by Gasteiger charge is 2.25. The lowest BCUT2D eigenvalue weighted by Gasteiger charge is -2.36. The molecule has 1 aromatic carbocycles. The molecule has 31 heavy (non-hydrogen) atoms. The van der Waals surface area contributed by atoms with Crippen LogP contribution in [0.2, 0.25) is 0 Å². The number of hydrogen-bond acceptors (Lipinski definition) is 8. The van der Waals surface area contributed by atoms with Gasteiger partial charge in [0.1, 0.15) is 10.0 Å². The predicted molar refractivity (Wildman–Crippen MR) is 121 cm³/mol. The molecule has 0 unspecified atom stereocenters. The van der Waals surface area contributed by atoms with E-state index in [1.165, 1.54) is 0 Å². The van der Waals surface area contributed by atoms with Gasteiger partial charge in [0.2, 0.25) is 0 Å². The van der Waals surface area contributed by atoms with Gasteiger partial charge < -0.3 is 14.5 Å². The number of urea groups is 1. The van der Waals surface area contributed by atoms with Gasteiger partial charge in [-0.1, -0.05) is 11.3 Å². The minimum Gasteiger partial charge on any atom is -0.383 e. The van der Waals surface area contributed by atoms with Crippen molar-refractivity contribution in [3.05, 3.63) is 29.3 Å². The van der Waals surface area contributed by atoms with Crippen molar-refractivity contribution in [3.63, 3.8) is 0 Å². The standard InChI is InChI=1S/C21H27N7O2S/c1-14-23-26-20(31-14)15-4-5-18-16(12-15)13-19(25-24-18)22-21(29)28-8-6-17(7-9-28)27(2)10-11-30-3/h4-5,12-13,17H,6-11H2,1-3H3,(H,22,25,29). The van der Waals surface area contributed by atoms with E-state index in [9.17, 15) is 4.79 Å². The Morgan fingerprint density at radius 3 is 2.74 bits per heavy atom. The number of ether oxygens (including phenoxy) is 1. The molecule has 0 spiro atoms. The molecule has 4 rings (SSSR count). The Balaban J connectivity index is 1.39.